The quantitative estimate of drug-likeness (QED) is 0.387. The molecular formula is C25H30FNO4. The normalized spacial score (nSPS) is 12.5. The summed E-state index contributed by atoms with van der Waals surface area (Å²) >= 11 is 0. The molecule has 0 aliphatic heterocycles. The van der Waals surface area contributed by atoms with Crippen molar-refractivity contribution in [3.05, 3.63) is 41.2 Å². The van der Waals surface area contributed by atoms with E-state index in [1.165, 1.54) is 6.07 Å². The molecule has 1 atom stereocenters. The molecule has 2 rings (SSSR count). The molecule has 1 amide bonds. The first-order chi connectivity index (χ1) is 14.3. The van der Waals surface area contributed by atoms with Crippen LogP contribution in [0.4, 0.5) is 9.18 Å². The summed E-state index contributed by atoms with van der Waals surface area (Å²) in [6.45, 7) is 12.7. The number of hydrogen-bond donors (Lipinski definition) is 1. The fourth-order valence-corrected chi connectivity index (χ4v) is 3.21. The molecule has 0 unspecified atom stereocenters. The molecule has 0 aromatic heterocycles. The lowest BCUT2D eigenvalue weighted by molar-refractivity contribution is -0.137. The molecule has 5 nitrogen and oxygen atoms in total. The molecule has 0 saturated heterocycles. The van der Waals surface area contributed by atoms with Crippen molar-refractivity contribution >= 4 is 22.8 Å². The molecule has 0 heterocycles. The highest BCUT2D eigenvalue weighted by Crippen LogP contribution is 2.34. The zero-order valence-electron chi connectivity index (χ0n) is 19.1. The molecule has 6 heteroatoms. The van der Waals surface area contributed by atoms with Crippen molar-refractivity contribution in [1.29, 1.82) is 0 Å². The van der Waals surface area contributed by atoms with E-state index in [0.29, 0.717) is 16.5 Å². The van der Waals surface area contributed by atoms with Crippen LogP contribution in [-0.4, -0.2) is 23.7 Å². The van der Waals surface area contributed by atoms with E-state index in [9.17, 15) is 14.0 Å². The van der Waals surface area contributed by atoms with Crippen LogP contribution in [-0.2, 0) is 9.53 Å². The zero-order valence-corrected chi connectivity index (χ0v) is 19.1. The van der Waals surface area contributed by atoms with Gasteiger partial charge in [-0.2, -0.15) is 0 Å². The molecule has 0 aliphatic rings. The maximum absolute atomic E-state index is 14.2. The summed E-state index contributed by atoms with van der Waals surface area (Å²) in [5.41, 5.74) is 0.268. The number of nitrogens with one attached hydrogen (secondary N) is 1. The van der Waals surface area contributed by atoms with Crippen molar-refractivity contribution in [3.8, 4) is 18.1 Å². The van der Waals surface area contributed by atoms with Gasteiger partial charge in [-0.1, -0.05) is 39.7 Å². The fraction of sp³-hybridized carbons (Fsp3) is 0.440. The van der Waals surface area contributed by atoms with Crippen LogP contribution in [0.25, 0.3) is 10.8 Å². The topological polar surface area (TPSA) is 64.6 Å². The number of carbonyl (C=O) groups is 2. The summed E-state index contributed by atoms with van der Waals surface area (Å²) in [5, 5.41) is 3.88. The Morgan fingerprint density at radius 3 is 2.29 bits per heavy atom. The zero-order chi connectivity index (χ0) is 23.5. The van der Waals surface area contributed by atoms with E-state index in [-0.39, 0.29) is 17.4 Å². The summed E-state index contributed by atoms with van der Waals surface area (Å²) in [7, 11) is 0. The number of fused-ring (bicyclic) bond motifs is 1. The first-order valence-electron chi connectivity index (χ1n) is 10.3. The highest BCUT2D eigenvalue weighted by molar-refractivity contribution is 5.93. The minimum Gasteiger partial charge on any atom is -0.444 e. The van der Waals surface area contributed by atoms with Crippen LogP contribution in [0, 0.1) is 24.1 Å². The van der Waals surface area contributed by atoms with Gasteiger partial charge in [0.1, 0.15) is 23.2 Å². The molecule has 2 aromatic carbocycles. The van der Waals surface area contributed by atoms with E-state index in [4.69, 9.17) is 15.9 Å². The number of alkyl carbamates (subject to hydrolysis) is 1. The van der Waals surface area contributed by atoms with E-state index < -0.39 is 29.5 Å². The number of terminal acetylenes is 1. The smallest absolute Gasteiger partial charge is 0.408 e. The summed E-state index contributed by atoms with van der Waals surface area (Å²) in [6.07, 6.45) is 4.84. The number of rotatable bonds is 5. The Balaban J connectivity index is 2.39. The molecule has 0 bridgehead atoms. The first kappa shape index (κ1) is 24.2. The maximum atomic E-state index is 14.2. The van der Waals surface area contributed by atoms with Crippen molar-refractivity contribution < 1.29 is 23.5 Å². The lowest BCUT2D eigenvalue weighted by atomic mass is 9.92. The minimum absolute atomic E-state index is 0.0100. The van der Waals surface area contributed by atoms with Crippen molar-refractivity contribution in [1.82, 2.24) is 5.32 Å². The molecule has 0 spiro atoms. The third-order valence-electron chi connectivity index (χ3n) is 4.65. The SMILES string of the molecule is C#Cc1c(F)ccc2cc(OC(=O)[C@@H](NC(=O)OC(C)(C)C)C(C)C)cc(C(C)C)c12. The number of esters is 1. The van der Waals surface area contributed by atoms with Crippen LogP contribution < -0.4 is 10.1 Å². The van der Waals surface area contributed by atoms with Crippen LogP contribution in [0.1, 0.15) is 65.5 Å². The third-order valence-corrected chi connectivity index (χ3v) is 4.65. The van der Waals surface area contributed by atoms with Gasteiger partial charge in [0.2, 0.25) is 0 Å². The maximum Gasteiger partial charge on any atom is 0.408 e. The van der Waals surface area contributed by atoms with E-state index in [2.05, 4.69) is 11.2 Å². The van der Waals surface area contributed by atoms with E-state index in [1.54, 1.807) is 52.8 Å². The molecule has 0 saturated carbocycles. The monoisotopic (exact) mass is 427 g/mol. The minimum atomic E-state index is -0.900. The van der Waals surface area contributed by atoms with Crippen molar-refractivity contribution in [2.75, 3.05) is 0 Å². The number of ether oxygens (including phenoxy) is 2. The summed E-state index contributed by atoms with van der Waals surface area (Å²) in [4.78, 5) is 25.0. The summed E-state index contributed by atoms with van der Waals surface area (Å²) in [5.74, 6) is 1.42. The van der Waals surface area contributed by atoms with Crippen molar-refractivity contribution in [3.63, 3.8) is 0 Å². The molecule has 31 heavy (non-hydrogen) atoms. The standard InChI is InChI=1S/C25H30FNO4/c1-9-18-20(26)11-10-16-12-17(13-19(14(2)3)21(16)18)30-23(28)22(15(4)5)27-24(29)31-25(6,7)8/h1,10-15,22H,2-8H3,(H,27,29)/t22-/m0/s1. The van der Waals surface area contributed by atoms with Gasteiger partial charge in [-0.05, 0) is 61.8 Å². The second-order valence-electron chi connectivity index (χ2n) is 9.12. The van der Waals surface area contributed by atoms with Gasteiger partial charge >= 0.3 is 12.1 Å². The Bertz CT molecular complexity index is 1030. The number of hydrogen-bond acceptors (Lipinski definition) is 4. The average molecular weight is 428 g/mol. The lowest BCUT2D eigenvalue weighted by Crippen LogP contribution is -2.48. The van der Waals surface area contributed by atoms with Gasteiger partial charge in [0.05, 0.1) is 5.56 Å². The molecule has 2 aromatic rings. The predicted molar refractivity (Wildman–Crippen MR) is 120 cm³/mol. The second-order valence-corrected chi connectivity index (χ2v) is 9.12. The molecule has 166 valence electrons. The number of benzene rings is 2. The number of amides is 1. The number of carbonyl (C=O) groups excluding carboxylic acids is 2. The van der Waals surface area contributed by atoms with Gasteiger partial charge in [-0.3, -0.25) is 0 Å². The summed E-state index contributed by atoms with van der Waals surface area (Å²) in [6, 6.07) is 5.34. The second kappa shape index (κ2) is 9.38. The molecule has 1 N–H and O–H groups in total. The molecule has 0 fully saturated rings. The van der Waals surface area contributed by atoms with Gasteiger partial charge in [0.15, 0.2) is 0 Å². The summed E-state index contributed by atoms with van der Waals surface area (Å²) < 4.78 is 25.1. The van der Waals surface area contributed by atoms with Crippen LogP contribution in [0.2, 0.25) is 0 Å². The Morgan fingerprint density at radius 1 is 1.13 bits per heavy atom. The molecule has 0 aliphatic carbocycles. The van der Waals surface area contributed by atoms with Gasteiger partial charge in [0.25, 0.3) is 0 Å². The molecule has 0 radical (unpaired) electrons. The lowest BCUT2D eigenvalue weighted by Gasteiger charge is -2.24. The van der Waals surface area contributed by atoms with Crippen LogP contribution in [0.3, 0.4) is 0 Å². The van der Waals surface area contributed by atoms with Gasteiger partial charge in [-0.25, -0.2) is 14.0 Å². The highest BCUT2D eigenvalue weighted by Gasteiger charge is 2.29. The first-order valence-corrected chi connectivity index (χ1v) is 10.3. The Kier molecular flexibility index (Phi) is 7.32. The molecular weight excluding hydrogens is 397 g/mol. The van der Waals surface area contributed by atoms with Crippen LogP contribution in [0.15, 0.2) is 24.3 Å². The number of halogens is 1. The fourth-order valence-electron chi connectivity index (χ4n) is 3.21. The Morgan fingerprint density at radius 2 is 1.77 bits per heavy atom. The van der Waals surface area contributed by atoms with Gasteiger partial charge in [0, 0.05) is 5.39 Å². The van der Waals surface area contributed by atoms with E-state index in [0.717, 1.165) is 5.56 Å². The van der Waals surface area contributed by atoms with Gasteiger partial charge in [-0.15, -0.1) is 6.42 Å². The van der Waals surface area contributed by atoms with Crippen molar-refractivity contribution in [2.24, 2.45) is 5.92 Å². The highest BCUT2D eigenvalue weighted by atomic mass is 19.1. The van der Waals surface area contributed by atoms with E-state index >= 15 is 0 Å². The van der Waals surface area contributed by atoms with Gasteiger partial charge < -0.3 is 14.8 Å². The van der Waals surface area contributed by atoms with E-state index in [1.807, 2.05) is 13.8 Å². The third kappa shape index (κ3) is 5.97. The Labute approximate surface area is 183 Å². The average Bonchev–Trinajstić information content (AvgIpc) is 2.63. The van der Waals surface area contributed by atoms with Crippen LogP contribution in [0.5, 0.6) is 5.75 Å². The van der Waals surface area contributed by atoms with Crippen LogP contribution >= 0.6 is 0 Å². The largest absolute Gasteiger partial charge is 0.444 e. The van der Waals surface area contributed by atoms with Crippen molar-refractivity contribution in [2.45, 2.75) is 66.0 Å². The Hall–Kier alpha value is -3.07. The predicted octanol–water partition coefficient (Wildman–Crippen LogP) is 5.54.